The molecule has 1 fully saturated rings. The standard InChI is InChI=1S/C15H18BrN3O/c16-12-1-2-13-14(11-12)17-4-3-15(13)19-7-5-18(6-8-19)9-10-20/h1-4,11,20H,5-10H2. The molecule has 1 aliphatic heterocycles. The molecule has 0 aliphatic carbocycles. The number of aliphatic hydroxyl groups excluding tert-OH is 1. The lowest BCUT2D eigenvalue weighted by molar-refractivity contribution is 0.189. The molecule has 0 bridgehead atoms. The molecular formula is C15H18BrN3O. The molecule has 0 atom stereocenters. The molecule has 0 spiro atoms. The number of benzene rings is 1. The molecule has 2 heterocycles. The fourth-order valence-electron chi connectivity index (χ4n) is 2.74. The number of rotatable bonds is 3. The van der Waals surface area contributed by atoms with E-state index >= 15 is 0 Å². The minimum Gasteiger partial charge on any atom is -0.395 e. The summed E-state index contributed by atoms with van der Waals surface area (Å²) in [5, 5.41) is 10.2. The number of fused-ring (bicyclic) bond motifs is 1. The molecule has 2 aromatic rings. The molecule has 20 heavy (non-hydrogen) atoms. The predicted molar refractivity (Wildman–Crippen MR) is 85.2 cm³/mol. The van der Waals surface area contributed by atoms with Gasteiger partial charge in [0.25, 0.3) is 0 Å². The lowest BCUT2D eigenvalue weighted by atomic mass is 10.1. The molecule has 0 amide bonds. The molecule has 1 N–H and O–H groups in total. The summed E-state index contributed by atoms with van der Waals surface area (Å²) in [7, 11) is 0. The summed E-state index contributed by atoms with van der Waals surface area (Å²) in [4.78, 5) is 9.15. The average molecular weight is 336 g/mol. The minimum atomic E-state index is 0.242. The number of anilines is 1. The fraction of sp³-hybridized carbons (Fsp3) is 0.400. The van der Waals surface area contributed by atoms with Gasteiger partial charge in [-0.05, 0) is 24.3 Å². The Bertz CT molecular complexity index is 597. The Hall–Kier alpha value is -1.17. The first kappa shape index (κ1) is 13.8. The second kappa shape index (κ2) is 6.08. The Balaban J connectivity index is 1.84. The van der Waals surface area contributed by atoms with Crippen LogP contribution < -0.4 is 4.90 Å². The Morgan fingerprint density at radius 3 is 2.70 bits per heavy atom. The highest BCUT2D eigenvalue weighted by Gasteiger charge is 2.18. The van der Waals surface area contributed by atoms with Crippen molar-refractivity contribution in [3.05, 3.63) is 34.9 Å². The maximum absolute atomic E-state index is 9.00. The van der Waals surface area contributed by atoms with Gasteiger partial charge in [0.1, 0.15) is 0 Å². The molecule has 3 rings (SSSR count). The van der Waals surface area contributed by atoms with E-state index in [0.717, 1.165) is 42.7 Å². The summed E-state index contributed by atoms with van der Waals surface area (Å²) in [6.07, 6.45) is 1.88. The molecule has 5 heteroatoms. The van der Waals surface area contributed by atoms with Crippen LogP contribution >= 0.6 is 15.9 Å². The third kappa shape index (κ3) is 2.80. The monoisotopic (exact) mass is 335 g/mol. The van der Waals surface area contributed by atoms with Gasteiger partial charge in [-0.25, -0.2) is 0 Å². The van der Waals surface area contributed by atoms with Crippen molar-refractivity contribution >= 4 is 32.5 Å². The number of halogens is 1. The van der Waals surface area contributed by atoms with E-state index < -0.39 is 0 Å². The molecule has 0 unspecified atom stereocenters. The van der Waals surface area contributed by atoms with Crippen LogP contribution in [0.15, 0.2) is 34.9 Å². The Morgan fingerprint density at radius 2 is 1.95 bits per heavy atom. The van der Waals surface area contributed by atoms with Crippen LogP contribution in [0.2, 0.25) is 0 Å². The third-order valence-electron chi connectivity index (χ3n) is 3.81. The van der Waals surface area contributed by atoms with E-state index in [9.17, 15) is 0 Å². The maximum atomic E-state index is 9.00. The molecule has 0 saturated carbocycles. The zero-order chi connectivity index (χ0) is 13.9. The van der Waals surface area contributed by atoms with Crippen LogP contribution in [0.5, 0.6) is 0 Å². The molecule has 106 valence electrons. The normalized spacial score (nSPS) is 16.8. The lowest BCUT2D eigenvalue weighted by Crippen LogP contribution is -2.47. The number of nitrogens with zero attached hydrogens (tertiary/aromatic N) is 3. The topological polar surface area (TPSA) is 39.6 Å². The number of hydrogen-bond donors (Lipinski definition) is 1. The quantitative estimate of drug-likeness (QED) is 0.932. The molecule has 1 saturated heterocycles. The predicted octanol–water partition coefficient (Wildman–Crippen LogP) is 2.11. The van der Waals surface area contributed by atoms with Crippen molar-refractivity contribution in [2.75, 3.05) is 44.2 Å². The van der Waals surface area contributed by atoms with Crippen LogP contribution in [-0.4, -0.2) is 54.3 Å². The first-order valence-electron chi connectivity index (χ1n) is 6.90. The summed E-state index contributed by atoms with van der Waals surface area (Å²) in [6, 6.07) is 8.34. The van der Waals surface area contributed by atoms with Gasteiger partial charge < -0.3 is 10.0 Å². The van der Waals surface area contributed by atoms with Crippen molar-refractivity contribution in [1.82, 2.24) is 9.88 Å². The van der Waals surface area contributed by atoms with E-state index in [0.29, 0.717) is 0 Å². The van der Waals surface area contributed by atoms with Crippen LogP contribution in [0.1, 0.15) is 0 Å². The number of aliphatic hydroxyl groups is 1. The first-order valence-corrected chi connectivity index (χ1v) is 7.69. The number of hydrogen-bond acceptors (Lipinski definition) is 4. The molecule has 1 aromatic carbocycles. The molecule has 1 aromatic heterocycles. The van der Waals surface area contributed by atoms with Crippen LogP contribution in [0.4, 0.5) is 5.69 Å². The highest BCUT2D eigenvalue weighted by molar-refractivity contribution is 9.10. The van der Waals surface area contributed by atoms with E-state index in [1.807, 2.05) is 6.20 Å². The van der Waals surface area contributed by atoms with Crippen LogP contribution in [0.25, 0.3) is 10.9 Å². The largest absolute Gasteiger partial charge is 0.395 e. The maximum Gasteiger partial charge on any atom is 0.0734 e. The second-order valence-corrected chi connectivity index (χ2v) is 5.96. The minimum absolute atomic E-state index is 0.242. The summed E-state index contributed by atoms with van der Waals surface area (Å²) < 4.78 is 1.06. The van der Waals surface area contributed by atoms with E-state index in [4.69, 9.17) is 5.11 Å². The van der Waals surface area contributed by atoms with Gasteiger partial charge in [-0.15, -0.1) is 0 Å². The van der Waals surface area contributed by atoms with Gasteiger partial charge in [0.2, 0.25) is 0 Å². The van der Waals surface area contributed by atoms with Gasteiger partial charge in [-0.2, -0.15) is 0 Å². The summed E-state index contributed by atoms with van der Waals surface area (Å²) in [6.45, 7) is 5.01. The SMILES string of the molecule is OCCN1CCN(c2ccnc3cc(Br)ccc23)CC1. The smallest absolute Gasteiger partial charge is 0.0734 e. The Labute approximate surface area is 127 Å². The summed E-state index contributed by atoms with van der Waals surface area (Å²) in [5.74, 6) is 0. The van der Waals surface area contributed by atoms with E-state index in [1.165, 1.54) is 11.1 Å². The summed E-state index contributed by atoms with van der Waals surface area (Å²) in [5.41, 5.74) is 2.28. The lowest BCUT2D eigenvalue weighted by Gasteiger charge is -2.36. The van der Waals surface area contributed by atoms with Crippen molar-refractivity contribution in [2.24, 2.45) is 0 Å². The number of aromatic nitrogens is 1. The van der Waals surface area contributed by atoms with Gasteiger partial charge in [0.15, 0.2) is 0 Å². The Morgan fingerprint density at radius 1 is 1.15 bits per heavy atom. The van der Waals surface area contributed by atoms with Crippen molar-refractivity contribution in [3.8, 4) is 0 Å². The van der Waals surface area contributed by atoms with Gasteiger partial charge >= 0.3 is 0 Å². The number of β-amino-alcohol motifs (C(OH)–C–C–N with tert-alkyl or cyclic N) is 1. The van der Waals surface area contributed by atoms with Gasteiger partial charge in [0.05, 0.1) is 12.1 Å². The highest BCUT2D eigenvalue weighted by atomic mass is 79.9. The third-order valence-corrected chi connectivity index (χ3v) is 4.30. The van der Waals surface area contributed by atoms with Gasteiger partial charge in [-0.1, -0.05) is 15.9 Å². The Kier molecular flexibility index (Phi) is 4.19. The highest BCUT2D eigenvalue weighted by Crippen LogP contribution is 2.28. The van der Waals surface area contributed by atoms with E-state index in [-0.39, 0.29) is 6.61 Å². The first-order chi connectivity index (χ1) is 9.78. The van der Waals surface area contributed by atoms with Crippen LogP contribution in [-0.2, 0) is 0 Å². The second-order valence-electron chi connectivity index (χ2n) is 5.04. The average Bonchev–Trinajstić information content (AvgIpc) is 2.47. The number of piperazine rings is 1. The molecule has 0 radical (unpaired) electrons. The van der Waals surface area contributed by atoms with Gasteiger partial charge in [-0.3, -0.25) is 9.88 Å². The van der Waals surface area contributed by atoms with Crippen molar-refractivity contribution < 1.29 is 5.11 Å². The van der Waals surface area contributed by atoms with Crippen LogP contribution in [0, 0.1) is 0 Å². The molecule has 1 aliphatic rings. The zero-order valence-electron chi connectivity index (χ0n) is 11.3. The van der Waals surface area contributed by atoms with Crippen molar-refractivity contribution in [2.45, 2.75) is 0 Å². The number of pyridine rings is 1. The van der Waals surface area contributed by atoms with Gasteiger partial charge in [0, 0.05) is 54.5 Å². The van der Waals surface area contributed by atoms with Crippen molar-refractivity contribution in [3.63, 3.8) is 0 Å². The van der Waals surface area contributed by atoms with E-state index in [1.54, 1.807) is 0 Å². The van der Waals surface area contributed by atoms with Crippen LogP contribution in [0.3, 0.4) is 0 Å². The molecular weight excluding hydrogens is 318 g/mol. The zero-order valence-corrected chi connectivity index (χ0v) is 12.9. The fourth-order valence-corrected chi connectivity index (χ4v) is 3.08. The van der Waals surface area contributed by atoms with Crippen molar-refractivity contribution in [1.29, 1.82) is 0 Å². The summed E-state index contributed by atoms with van der Waals surface area (Å²) >= 11 is 3.49. The molecule has 4 nitrogen and oxygen atoms in total. The van der Waals surface area contributed by atoms with E-state index in [2.05, 4.69) is 55.0 Å².